The molecule has 0 bridgehead atoms. The highest BCUT2D eigenvalue weighted by Gasteiger charge is 2.32. The van der Waals surface area contributed by atoms with E-state index in [0.29, 0.717) is 11.4 Å². The van der Waals surface area contributed by atoms with Gasteiger partial charge in [-0.15, -0.1) is 0 Å². The first kappa shape index (κ1) is 75.7. The molecule has 0 spiro atoms. The number of anilines is 6. The van der Waals surface area contributed by atoms with Gasteiger partial charge >= 0.3 is 12.4 Å². The maximum Gasteiger partial charge on any atom is 0.416 e. The van der Waals surface area contributed by atoms with Crippen molar-refractivity contribution in [2.75, 3.05) is 9.80 Å². The van der Waals surface area contributed by atoms with Crippen molar-refractivity contribution in [1.82, 2.24) is 9.13 Å². The summed E-state index contributed by atoms with van der Waals surface area (Å²) in [7, 11) is 0. The van der Waals surface area contributed by atoms with Crippen LogP contribution < -0.4 is 9.80 Å². The van der Waals surface area contributed by atoms with Gasteiger partial charge in [-0.05, 0) is 262 Å². The predicted octanol–water partition coefficient (Wildman–Crippen LogP) is 33.2. The summed E-state index contributed by atoms with van der Waals surface area (Å²) in [4.78, 5) is 4.55. The minimum absolute atomic E-state index is 0.472. The average molecular weight is 1610 g/mol. The van der Waals surface area contributed by atoms with Crippen molar-refractivity contribution >= 4 is 121 Å². The zero-order chi connectivity index (χ0) is 83.6. The lowest BCUT2D eigenvalue weighted by Gasteiger charge is -2.26. The number of fused-ring (bicyclic) bond motifs is 10. The number of hydrogen-bond donors (Lipinski definition) is 0. The fraction of sp³-hybridized carbons (Fsp3) is 0.0175. The Morgan fingerprint density at radius 3 is 0.750 bits per heavy atom. The van der Waals surface area contributed by atoms with Crippen molar-refractivity contribution in [3.05, 3.63) is 460 Å². The molecule has 0 aliphatic carbocycles. The highest BCUT2D eigenvalue weighted by Crippen LogP contribution is 2.49. The molecule has 592 valence electrons. The second-order valence-corrected chi connectivity index (χ2v) is 31.2. The number of para-hydroxylation sites is 4. The highest BCUT2D eigenvalue weighted by molar-refractivity contribution is 6.23. The summed E-state index contributed by atoms with van der Waals surface area (Å²) >= 11 is 0. The lowest BCUT2D eigenvalue weighted by Crippen LogP contribution is -2.09. The Balaban J connectivity index is 0.000000152. The molecule has 0 unspecified atom stereocenters. The molecule has 0 fully saturated rings. The van der Waals surface area contributed by atoms with E-state index in [2.05, 4.69) is 343 Å². The number of hydrogen-bond acceptors (Lipinski definition) is 2. The first-order chi connectivity index (χ1) is 60.8. The molecule has 22 rings (SSSR count). The second-order valence-electron chi connectivity index (χ2n) is 31.2. The van der Waals surface area contributed by atoms with E-state index in [4.69, 9.17) is 0 Å². The Morgan fingerprint density at radius 1 is 0.161 bits per heavy atom. The number of halogens is 6. The lowest BCUT2D eigenvalue weighted by atomic mass is 9.86. The molecule has 4 nitrogen and oxygen atoms in total. The third-order valence-electron chi connectivity index (χ3n) is 24.0. The third kappa shape index (κ3) is 13.8. The van der Waals surface area contributed by atoms with Crippen molar-refractivity contribution in [2.45, 2.75) is 12.4 Å². The smallest absolute Gasteiger partial charge is 0.311 e. The van der Waals surface area contributed by atoms with Gasteiger partial charge in [0.15, 0.2) is 0 Å². The Bertz CT molecular complexity index is 7650. The summed E-state index contributed by atoms with van der Waals surface area (Å²) in [6, 6.07) is 151. The predicted molar refractivity (Wildman–Crippen MR) is 504 cm³/mol. The van der Waals surface area contributed by atoms with E-state index in [1.807, 2.05) is 75.9 Å². The molecule has 22 aromatic rings. The van der Waals surface area contributed by atoms with E-state index in [9.17, 15) is 26.3 Å². The minimum Gasteiger partial charge on any atom is -0.311 e. The molecule has 0 aliphatic heterocycles. The largest absolute Gasteiger partial charge is 0.416 e. The van der Waals surface area contributed by atoms with Gasteiger partial charge in [0.25, 0.3) is 0 Å². The molecule has 2 aromatic heterocycles. The Labute approximate surface area is 712 Å². The average Bonchev–Trinajstić information content (AvgIpc) is 1.71. The normalized spacial score (nSPS) is 11.8. The van der Waals surface area contributed by atoms with E-state index in [0.717, 1.165) is 129 Å². The van der Waals surface area contributed by atoms with Crippen molar-refractivity contribution < 1.29 is 26.3 Å². The summed E-state index contributed by atoms with van der Waals surface area (Å²) in [6.45, 7) is 0. The van der Waals surface area contributed by atoms with Crippen LogP contribution in [0.4, 0.5) is 60.5 Å². The fourth-order valence-electron chi connectivity index (χ4n) is 18.4. The van der Waals surface area contributed by atoms with Gasteiger partial charge in [-0.1, -0.05) is 297 Å². The second kappa shape index (κ2) is 31.4. The van der Waals surface area contributed by atoms with Crippen LogP contribution in [0.15, 0.2) is 449 Å². The molecule has 20 aromatic carbocycles. The van der Waals surface area contributed by atoms with Crippen LogP contribution in [0.2, 0.25) is 0 Å². The van der Waals surface area contributed by atoms with Crippen LogP contribution in [0.5, 0.6) is 0 Å². The SMILES string of the molecule is FC(F)(F)c1ccc(-n2c3ccccc3c3cc(-c4ccc(N(c5ccccc5)c5ccc(-c6c7ccccc7c(-c7ccccc7)c7ccccc67)cc5)cc4)ccc32)cc1.FC(F)(F)c1cccc(-n2c3ccccc3c3cc(-c4ccc(N(c5ccccc5)c5ccc(-c6c7ccccc7c(-c7ccccc7)c7ccccc67)cc5)cc4)ccc32)c1. The van der Waals surface area contributed by atoms with Gasteiger partial charge in [0.2, 0.25) is 0 Å². The zero-order valence-corrected chi connectivity index (χ0v) is 66.8. The molecule has 0 radical (unpaired) electrons. The van der Waals surface area contributed by atoms with Crippen molar-refractivity contribution in [2.24, 2.45) is 0 Å². The van der Waals surface area contributed by atoms with Crippen LogP contribution in [0.1, 0.15) is 11.1 Å². The van der Waals surface area contributed by atoms with Gasteiger partial charge in [0, 0.05) is 67.0 Å². The zero-order valence-electron chi connectivity index (χ0n) is 66.8. The summed E-state index contributed by atoms with van der Waals surface area (Å²) in [5.74, 6) is 0. The maximum atomic E-state index is 13.8. The Hall–Kier alpha value is -15.8. The Kier molecular flexibility index (Phi) is 19.2. The number of nitrogens with zero attached hydrogens (tertiary/aromatic N) is 4. The molecule has 0 amide bonds. The van der Waals surface area contributed by atoms with E-state index < -0.39 is 23.5 Å². The molecule has 0 aliphatic rings. The van der Waals surface area contributed by atoms with Crippen molar-refractivity contribution in [1.29, 1.82) is 0 Å². The van der Waals surface area contributed by atoms with Crippen molar-refractivity contribution in [3.63, 3.8) is 0 Å². The third-order valence-corrected chi connectivity index (χ3v) is 24.0. The van der Waals surface area contributed by atoms with Crippen LogP contribution in [-0.2, 0) is 12.4 Å². The number of aromatic nitrogens is 2. The van der Waals surface area contributed by atoms with Gasteiger partial charge < -0.3 is 18.9 Å². The molecule has 124 heavy (non-hydrogen) atoms. The molecule has 0 atom stereocenters. The van der Waals surface area contributed by atoms with E-state index in [1.54, 1.807) is 18.2 Å². The molecule has 10 heteroatoms. The van der Waals surface area contributed by atoms with Crippen LogP contribution in [-0.4, -0.2) is 9.13 Å². The monoisotopic (exact) mass is 1610 g/mol. The van der Waals surface area contributed by atoms with E-state index in [-0.39, 0.29) is 0 Å². The molecule has 2 heterocycles. The molecule has 0 saturated heterocycles. The standard InChI is InChI=1S/2C57H37F3N2/c58-57(59,60)42-16-13-19-46(37-42)62-53-25-12-11-20-47(53)52-36-41(30-35-54(52)62)38-26-31-44(32-27-38)61(43-17-5-2-6-18-43)45-33-28-40(29-34-45)56-50-23-9-7-21-48(50)55(39-14-3-1-4-15-39)49-22-8-10-24-51(49)56;58-57(59,60)42-28-34-46(35-29-42)62-53-22-12-11-17-47(53)52-37-41(27-36-54(52)62)38-23-30-44(31-24-38)61(43-15-5-2-6-16-43)45-32-25-40(26-33-45)56-50-20-9-7-18-48(50)55(39-13-3-1-4-14-39)49-19-8-10-21-51(49)56/h2*1-37H. The van der Waals surface area contributed by atoms with Gasteiger partial charge in [0.05, 0.1) is 33.2 Å². The van der Waals surface area contributed by atoms with Crippen LogP contribution >= 0.6 is 0 Å². The summed E-state index contributed by atoms with van der Waals surface area (Å²) in [5.41, 5.74) is 23.4. The van der Waals surface area contributed by atoms with E-state index in [1.165, 1.54) is 88.6 Å². The topological polar surface area (TPSA) is 16.3 Å². The molecular formula is C114H74F6N4. The first-order valence-corrected chi connectivity index (χ1v) is 41.3. The lowest BCUT2D eigenvalue weighted by molar-refractivity contribution is -0.138. The summed E-state index contributed by atoms with van der Waals surface area (Å²) in [6.07, 6.45) is -8.83. The molecular weight excluding hydrogens is 1540 g/mol. The number of benzene rings is 20. The van der Waals surface area contributed by atoms with Gasteiger partial charge in [-0.25, -0.2) is 0 Å². The quantitative estimate of drug-likeness (QED) is 0.0797. The van der Waals surface area contributed by atoms with Crippen LogP contribution in [0, 0.1) is 0 Å². The fourth-order valence-corrected chi connectivity index (χ4v) is 18.4. The summed E-state index contributed by atoms with van der Waals surface area (Å²) in [5, 5.41) is 13.8. The number of alkyl halides is 6. The first-order valence-electron chi connectivity index (χ1n) is 41.3. The Morgan fingerprint density at radius 2 is 0.419 bits per heavy atom. The molecule has 0 saturated carbocycles. The van der Waals surface area contributed by atoms with Gasteiger partial charge in [-0.2, -0.15) is 26.3 Å². The van der Waals surface area contributed by atoms with Crippen LogP contribution in [0.25, 0.3) is 165 Å². The van der Waals surface area contributed by atoms with Gasteiger partial charge in [0.1, 0.15) is 0 Å². The number of rotatable bonds is 14. The minimum atomic E-state index is -4.44. The highest BCUT2D eigenvalue weighted by atomic mass is 19.4. The van der Waals surface area contributed by atoms with Crippen LogP contribution in [0.3, 0.4) is 0 Å². The maximum absolute atomic E-state index is 13.8. The molecule has 0 N–H and O–H groups in total. The van der Waals surface area contributed by atoms with Crippen molar-refractivity contribution in [3.8, 4) is 78.1 Å². The van der Waals surface area contributed by atoms with Gasteiger partial charge in [-0.3, -0.25) is 0 Å². The van der Waals surface area contributed by atoms with E-state index >= 15 is 0 Å². The summed E-state index contributed by atoms with van der Waals surface area (Å²) < 4.78 is 85.5.